The Kier molecular flexibility index (Phi) is 4.31. The molecule has 0 bridgehead atoms. The van der Waals surface area contributed by atoms with E-state index in [2.05, 4.69) is 15.5 Å². The zero-order valence-electron chi connectivity index (χ0n) is 12.4. The van der Waals surface area contributed by atoms with Crippen LogP contribution >= 0.6 is 11.6 Å². The van der Waals surface area contributed by atoms with Gasteiger partial charge in [-0.15, -0.1) is 0 Å². The van der Waals surface area contributed by atoms with Gasteiger partial charge >= 0.3 is 0 Å². The Hall–Kier alpha value is -3.12. The van der Waals surface area contributed by atoms with Gasteiger partial charge in [0.2, 0.25) is 5.91 Å². The molecule has 0 unspecified atom stereocenters. The number of aromatic nitrogens is 2. The highest BCUT2D eigenvalue weighted by Crippen LogP contribution is 2.21. The fourth-order valence-corrected chi connectivity index (χ4v) is 2.37. The summed E-state index contributed by atoms with van der Waals surface area (Å²) >= 11 is 5.96. The van der Waals surface area contributed by atoms with Gasteiger partial charge in [0.25, 0.3) is 5.91 Å². The van der Waals surface area contributed by atoms with Crippen molar-refractivity contribution in [3.8, 4) is 11.3 Å². The second kappa shape index (κ2) is 6.55. The van der Waals surface area contributed by atoms with Crippen LogP contribution in [-0.2, 0) is 0 Å². The summed E-state index contributed by atoms with van der Waals surface area (Å²) in [5.41, 5.74) is 7.70. The fraction of sp³-hybridized carbons (Fsp3) is 0. The van der Waals surface area contributed by atoms with E-state index < -0.39 is 5.91 Å². The quantitative estimate of drug-likeness (QED) is 0.680. The lowest BCUT2D eigenvalue weighted by atomic mass is 10.1. The van der Waals surface area contributed by atoms with E-state index in [1.807, 2.05) is 6.07 Å². The lowest BCUT2D eigenvalue weighted by molar-refractivity contribution is 0.0995. The molecule has 1 aromatic heterocycles. The van der Waals surface area contributed by atoms with Crippen LogP contribution in [0.1, 0.15) is 20.8 Å². The number of aromatic amines is 1. The molecule has 120 valence electrons. The first-order valence-electron chi connectivity index (χ1n) is 7.05. The molecule has 0 atom stereocenters. The molecule has 0 saturated carbocycles. The molecular formula is C17H13ClN4O2. The van der Waals surface area contributed by atoms with Crippen LogP contribution in [0.25, 0.3) is 11.3 Å². The van der Waals surface area contributed by atoms with E-state index in [4.69, 9.17) is 17.3 Å². The van der Waals surface area contributed by atoms with Gasteiger partial charge in [-0.2, -0.15) is 5.10 Å². The summed E-state index contributed by atoms with van der Waals surface area (Å²) in [6.45, 7) is 0. The van der Waals surface area contributed by atoms with E-state index in [0.717, 1.165) is 5.56 Å². The molecule has 0 aliphatic carbocycles. The lowest BCUT2D eigenvalue weighted by Gasteiger charge is -2.04. The molecule has 6 nitrogen and oxygen atoms in total. The van der Waals surface area contributed by atoms with Crippen LogP contribution in [0.3, 0.4) is 0 Å². The molecular weight excluding hydrogens is 328 g/mol. The van der Waals surface area contributed by atoms with Crippen LogP contribution in [0.15, 0.2) is 54.6 Å². The summed E-state index contributed by atoms with van der Waals surface area (Å²) in [6, 6.07) is 15.2. The SMILES string of the molecule is NC(=O)c1cccc(NC(=O)c2cc(-c3cccc(Cl)c3)n[nH]2)c1. The average molecular weight is 341 g/mol. The summed E-state index contributed by atoms with van der Waals surface area (Å²) in [7, 11) is 0. The lowest BCUT2D eigenvalue weighted by Crippen LogP contribution is -2.14. The number of halogens is 1. The minimum absolute atomic E-state index is 0.287. The minimum Gasteiger partial charge on any atom is -0.366 e. The number of nitrogens with one attached hydrogen (secondary N) is 2. The maximum absolute atomic E-state index is 12.3. The van der Waals surface area contributed by atoms with Gasteiger partial charge in [-0.3, -0.25) is 14.7 Å². The minimum atomic E-state index is -0.559. The van der Waals surface area contributed by atoms with Crippen LogP contribution in [0, 0.1) is 0 Å². The summed E-state index contributed by atoms with van der Waals surface area (Å²) in [5.74, 6) is -0.937. The molecule has 3 aromatic rings. The molecule has 2 aromatic carbocycles. The number of benzene rings is 2. The van der Waals surface area contributed by atoms with Crippen molar-refractivity contribution in [2.24, 2.45) is 5.73 Å². The van der Waals surface area contributed by atoms with Crippen molar-refractivity contribution in [2.75, 3.05) is 5.32 Å². The van der Waals surface area contributed by atoms with E-state index >= 15 is 0 Å². The first kappa shape index (κ1) is 15.8. The molecule has 7 heteroatoms. The predicted octanol–water partition coefficient (Wildman–Crippen LogP) is 3.08. The highest BCUT2D eigenvalue weighted by Gasteiger charge is 2.12. The number of rotatable bonds is 4. The Labute approximate surface area is 142 Å². The van der Waals surface area contributed by atoms with Crippen molar-refractivity contribution in [3.05, 3.63) is 70.9 Å². The highest BCUT2D eigenvalue weighted by molar-refractivity contribution is 6.30. The smallest absolute Gasteiger partial charge is 0.273 e. The van der Waals surface area contributed by atoms with Crippen LogP contribution in [0.5, 0.6) is 0 Å². The number of nitrogens with zero attached hydrogens (tertiary/aromatic N) is 1. The average Bonchev–Trinajstić information content (AvgIpc) is 3.05. The summed E-state index contributed by atoms with van der Waals surface area (Å²) in [4.78, 5) is 23.5. The second-order valence-corrected chi connectivity index (χ2v) is 5.51. The maximum Gasteiger partial charge on any atom is 0.273 e. The molecule has 1 heterocycles. The number of carbonyl (C=O) groups is 2. The number of hydrogen-bond acceptors (Lipinski definition) is 3. The van der Waals surface area contributed by atoms with Crippen LogP contribution in [-0.4, -0.2) is 22.0 Å². The summed E-state index contributed by atoms with van der Waals surface area (Å²) in [5, 5.41) is 10.1. The van der Waals surface area contributed by atoms with Crippen LogP contribution in [0.2, 0.25) is 5.02 Å². The van der Waals surface area contributed by atoms with E-state index in [1.165, 1.54) is 6.07 Å². The van der Waals surface area contributed by atoms with Gasteiger partial charge in [-0.1, -0.05) is 29.8 Å². The molecule has 0 aliphatic heterocycles. The second-order valence-electron chi connectivity index (χ2n) is 5.08. The van der Waals surface area contributed by atoms with Crippen molar-refractivity contribution in [2.45, 2.75) is 0 Å². The van der Waals surface area contributed by atoms with Crippen LogP contribution in [0.4, 0.5) is 5.69 Å². The first-order chi connectivity index (χ1) is 11.5. The molecule has 0 radical (unpaired) electrons. The Bertz CT molecular complexity index is 920. The number of H-pyrrole nitrogens is 1. The van der Waals surface area contributed by atoms with Gasteiger partial charge in [-0.25, -0.2) is 0 Å². The molecule has 0 spiro atoms. The van der Waals surface area contributed by atoms with Crippen molar-refractivity contribution in [1.29, 1.82) is 0 Å². The van der Waals surface area contributed by atoms with E-state index in [1.54, 1.807) is 42.5 Å². The topological polar surface area (TPSA) is 101 Å². The highest BCUT2D eigenvalue weighted by atomic mass is 35.5. The van der Waals surface area contributed by atoms with Crippen molar-refractivity contribution < 1.29 is 9.59 Å². The molecule has 24 heavy (non-hydrogen) atoms. The van der Waals surface area contributed by atoms with Crippen molar-refractivity contribution in [3.63, 3.8) is 0 Å². The normalized spacial score (nSPS) is 10.4. The van der Waals surface area contributed by atoms with Gasteiger partial charge < -0.3 is 11.1 Å². The number of hydrogen-bond donors (Lipinski definition) is 3. The Morgan fingerprint density at radius 1 is 1.08 bits per heavy atom. The molecule has 0 aliphatic rings. The largest absolute Gasteiger partial charge is 0.366 e. The molecule has 4 N–H and O–H groups in total. The predicted molar refractivity (Wildman–Crippen MR) is 91.9 cm³/mol. The van der Waals surface area contributed by atoms with Gasteiger partial charge in [0.15, 0.2) is 0 Å². The molecule has 0 saturated heterocycles. The van der Waals surface area contributed by atoms with Gasteiger partial charge in [0.1, 0.15) is 5.69 Å². The van der Waals surface area contributed by atoms with Gasteiger partial charge in [-0.05, 0) is 36.4 Å². The van der Waals surface area contributed by atoms with E-state index in [-0.39, 0.29) is 11.6 Å². The third kappa shape index (κ3) is 3.44. The molecule has 2 amide bonds. The Balaban J connectivity index is 1.79. The third-order valence-corrected chi connectivity index (χ3v) is 3.58. The maximum atomic E-state index is 12.3. The van der Waals surface area contributed by atoms with Gasteiger partial charge in [0.05, 0.1) is 5.69 Å². The number of anilines is 1. The zero-order valence-corrected chi connectivity index (χ0v) is 13.2. The summed E-state index contributed by atoms with van der Waals surface area (Å²) in [6.07, 6.45) is 0. The van der Waals surface area contributed by atoms with E-state index in [9.17, 15) is 9.59 Å². The Morgan fingerprint density at radius 3 is 2.62 bits per heavy atom. The number of amides is 2. The van der Waals surface area contributed by atoms with Crippen molar-refractivity contribution >= 4 is 29.1 Å². The van der Waals surface area contributed by atoms with Gasteiger partial charge in [0, 0.05) is 21.8 Å². The molecule has 3 rings (SSSR count). The summed E-state index contributed by atoms with van der Waals surface area (Å²) < 4.78 is 0. The standard InChI is InChI=1S/C17H13ClN4O2/c18-12-5-1-3-10(7-12)14-9-15(22-21-14)17(24)20-13-6-2-4-11(8-13)16(19)23/h1-9H,(H2,19,23)(H,20,24)(H,21,22). The van der Waals surface area contributed by atoms with Crippen molar-refractivity contribution in [1.82, 2.24) is 10.2 Å². The third-order valence-electron chi connectivity index (χ3n) is 3.35. The number of carbonyl (C=O) groups excluding carboxylic acids is 2. The number of nitrogens with two attached hydrogens (primary N) is 1. The van der Waals surface area contributed by atoms with Crippen LogP contribution < -0.4 is 11.1 Å². The van der Waals surface area contributed by atoms with E-state index in [0.29, 0.717) is 22.0 Å². The monoisotopic (exact) mass is 340 g/mol. The zero-order chi connectivity index (χ0) is 17.1. The number of primary amides is 1. The Morgan fingerprint density at radius 2 is 1.88 bits per heavy atom. The first-order valence-corrected chi connectivity index (χ1v) is 7.43. The fourth-order valence-electron chi connectivity index (χ4n) is 2.18. The molecule has 0 fully saturated rings.